The van der Waals surface area contributed by atoms with E-state index in [1.54, 1.807) is 7.11 Å². The topological polar surface area (TPSA) is 107 Å². The number of nitrogens with one attached hydrogen (secondary N) is 1. The second kappa shape index (κ2) is 5.97. The number of anilines is 1. The normalized spacial score (nSPS) is 11.9. The van der Waals surface area contributed by atoms with E-state index < -0.39 is 10.8 Å². The second-order valence-corrected chi connectivity index (χ2v) is 3.78. The van der Waals surface area contributed by atoms with Crippen LogP contribution >= 0.6 is 0 Å². The minimum absolute atomic E-state index is 0.108. The van der Waals surface area contributed by atoms with Crippen molar-refractivity contribution in [2.75, 3.05) is 19.0 Å². The Kier molecular flexibility index (Phi) is 4.61. The molecular formula is C11H15N3O4. The van der Waals surface area contributed by atoms with E-state index >= 15 is 0 Å². The lowest BCUT2D eigenvalue weighted by molar-refractivity contribution is -0.384. The molecule has 98 valence electrons. The predicted molar refractivity (Wildman–Crippen MR) is 66.6 cm³/mol. The second-order valence-electron chi connectivity index (χ2n) is 3.78. The first-order valence-corrected chi connectivity index (χ1v) is 5.30. The lowest BCUT2D eigenvalue weighted by Crippen LogP contribution is -2.19. The molecule has 0 aliphatic heterocycles. The summed E-state index contributed by atoms with van der Waals surface area (Å²) in [6, 6.07) is 3.94. The number of primary amides is 1. The number of nitrogens with two attached hydrogens (primary N) is 1. The zero-order chi connectivity index (χ0) is 13.7. The van der Waals surface area contributed by atoms with Gasteiger partial charge >= 0.3 is 0 Å². The van der Waals surface area contributed by atoms with Crippen LogP contribution in [0.25, 0.3) is 0 Å². The van der Waals surface area contributed by atoms with Gasteiger partial charge in [-0.3, -0.25) is 14.9 Å². The lowest BCUT2D eigenvalue weighted by atomic mass is 10.1. The first-order valence-electron chi connectivity index (χ1n) is 5.30. The average molecular weight is 253 g/mol. The van der Waals surface area contributed by atoms with E-state index in [-0.39, 0.29) is 23.0 Å². The van der Waals surface area contributed by atoms with E-state index in [0.717, 1.165) is 0 Å². The van der Waals surface area contributed by atoms with E-state index in [1.165, 1.54) is 18.2 Å². The minimum Gasteiger partial charge on any atom is -0.380 e. The molecule has 0 aromatic heterocycles. The Morgan fingerprint density at radius 3 is 2.78 bits per heavy atom. The fraction of sp³-hybridized carbons (Fsp3) is 0.364. The number of carbonyl (C=O) groups is 1. The lowest BCUT2D eigenvalue weighted by Gasteiger charge is -2.12. The maximum absolute atomic E-state index is 11.0. The van der Waals surface area contributed by atoms with Crippen LogP contribution in [-0.2, 0) is 4.74 Å². The molecule has 3 N–H and O–H groups in total. The van der Waals surface area contributed by atoms with Crippen molar-refractivity contribution >= 4 is 17.3 Å². The molecular weight excluding hydrogens is 238 g/mol. The highest BCUT2D eigenvalue weighted by atomic mass is 16.6. The minimum atomic E-state index is -0.632. The van der Waals surface area contributed by atoms with Crippen LogP contribution in [0.3, 0.4) is 0 Å². The molecule has 0 saturated heterocycles. The molecule has 1 rings (SSSR count). The Labute approximate surface area is 104 Å². The summed E-state index contributed by atoms with van der Waals surface area (Å²) in [7, 11) is 1.54. The fourth-order valence-electron chi connectivity index (χ4n) is 1.33. The monoisotopic (exact) mass is 253 g/mol. The number of carbonyl (C=O) groups excluding carboxylic acids is 1. The summed E-state index contributed by atoms with van der Waals surface area (Å²) in [6.45, 7) is 2.20. The van der Waals surface area contributed by atoms with Gasteiger partial charge in [-0.15, -0.1) is 0 Å². The molecule has 0 aliphatic rings. The maximum atomic E-state index is 11.0. The van der Waals surface area contributed by atoms with Gasteiger partial charge in [0.25, 0.3) is 5.69 Å². The van der Waals surface area contributed by atoms with Gasteiger partial charge in [0, 0.05) is 25.3 Å². The van der Waals surface area contributed by atoms with Gasteiger partial charge in [0.2, 0.25) is 5.91 Å². The zero-order valence-electron chi connectivity index (χ0n) is 10.2. The molecule has 1 amide bonds. The summed E-state index contributed by atoms with van der Waals surface area (Å²) in [5, 5.41) is 13.7. The van der Waals surface area contributed by atoms with Crippen molar-refractivity contribution in [1.82, 2.24) is 0 Å². The van der Waals surface area contributed by atoms with E-state index in [4.69, 9.17) is 10.5 Å². The van der Waals surface area contributed by atoms with Gasteiger partial charge in [-0.1, -0.05) is 0 Å². The van der Waals surface area contributed by atoms with Gasteiger partial charge in [0.1, 0.15) is 5.69 Å². The van der Waals surface area contributed by atoms with Crippen LogP contribution in [0.15, 0.2) is 18.2 Å². The molecule has 1 unspecified atom stereocenters. The van der Waals surface area contributed by atoms with Crippen LogP contribution in [0.5, 0.6) is 0 Å². The van der Waals surface area contributed by atoms with Crippen LogP contribution < -0.4 is 11.1 Å². The Hall–Kier alpha value is -2.15. The van der Waals surface area contributed by atoms with E-state index in [2.05, 4.69) is 5.32 Å². The number of nitro benzene ring substituents is 1. The van der Waals surface area contributed by atoms with E-state index in [1.807, 2.05) is 6.92 Å². The van der Waals surface area contributed by atoms with Crippen LogP contribution in [0.2, 0.25) is 0 Å². The summed E-state index contributed by atoms with van der Waals surface area (Å²) in [6.07, 6.45) is -0.109. The number of benzene rings is 1. The van der Waals surface area contributed by atoms with Gasteiger partial charge in [0.05, 0.1) is 11.0 Å². The third-order valence-corrected chi connectivity index (χ3v) is 2.46. The number of nitro groups is 1. The van der Waals surface area contributed by atoms with Crippen LogP contribution in [0, 0.1) is 10.1 Å². The highest BCUT2D eigenvalue weighted by Gasteiger charge is 2.16. The van der Waals surface area contributed by atoms with Crippen molar-refractivity contribution < 1.29 is 14.5 Å². The number of hydrogen-bond acceptors (Lipinski definition) is 5. The number of ether oxygens (including phenoxy) is 1. The number of amides is 1. The molecule has 0 bridgehead atoms. The molecule has 0 aliphatic carbocycles. The third kappa shape index (κ3) is 3.42. The zero-order valence-corrected chi connectivity index (χ0v) is 10.2. The fourth-order valence-corrected chi connectivity index (χ4v) is 1.33. The van der Waals surface area contributed by atoms with Crippen molar-refractivity contribution in [3.05, 3.63) is 33.9 Å². The molecule has 1 atom stereocenters. The summed E-state index contributed by atoms with van der Waals surface area (Å²) >= 11 is 0. The van der Waals surface area contributed by atoms with Crippen molar-refractivity contribution in [3.8, 4) is 0 Å². The van der Waals surface area contributed by atoms with E-state index in [0.29, 0.717) is 6.54 Å². The quantitative estimate of drug-likeness (QED) is 0.583. The highest BCUT2D eigenvalue weighted by molar-refractivity contribution is 5.94. The van der Waals surface area contributed by atoms with Gasteiger partial charge in [-0.25, -0.2) is 0 Å². The first kappa shape index (κ1) is 13.9. The molecule has 7 nitrogen and oxygen atoms in total. The van der Waals surface area contributed by atoms with Crippen molar-refractivity contribution in [2.24, 2.45) is 5.73 Å². The predicted octanol–water partition coefficient (Wildman–Crippen LogP) is 1.14. The van der Waals surface area contributed by atoms with Crippen molar-refractivity contribution in [3.63, 3.8) is 0 Å². The number of methoxy groups -OCH3 is 1. The Balaban J connectivity index is 3.00. The summed E-state index contributed by atoms with van der Waals surface area (Å²) in [4.78, 5) is 21.3. The van der Waals surface area contributed by atoms with Gasteiger partial charge < -0.3 is 15.8 Å². The average Bonchev–Trinajstić information content (AvgIpc) is 2.35. The molecule has 1 aromatic rings. The Bertz CT molecular complexity index is 462. The molecule has 0 heterocycles. The van der Waals surface area contributed by atoms with E-state index in [9.17, 15) is 14.9 Å². The molecule has 0 spiro atoms. The molecule has 1 aromatic carbocycles. The van der Waals surface area contributed by atoms with Crippen LogP contribution in [-0.4, -0.2) is 30.6 Å². The molecule has 7 heteroatoms. The Morgan fingerprint density at radius 1 is 1.61 bits per heavy atom. The number of nitrogens with zero attached hydrogens (tertiary/aromatic N) is 1. The van der Waals surface area contributed by atoms with Gasteiger partial charge in [0.15, 0.2) is 0 Å². The van der Waals surface area contributed by atoms with Gasteiger partial charge in [-0.2, -0.15) is 0 Å². The van der Waals surface area contributed by atoms with Crippen molar-refractivity contribution in [1.29, 1.82) is 0 Å². The molecule has 0 radical (unpaired) electrons. The van der Waals surface area contributed by atoms with Crippen LogP contribution in [0.4, 0.5) is 11.4 Å². The standard InChI is InChI=1S/C11H15N3O4/c1-7(18-2)6-13-9-5-8(11(12)15)3-4-10(9)14(16)17/h3-5,7,13H,6H2,1-2H3,(H2,12,15). The third-order valence-electron chi connectivity index (χ3n) is 2.46. The summed E-state index contributed by atoms with van der Waals surface area (Å²) < 4.78 is 5.03. The smallest absolute Gasteiger partial charge is 0.292 e. The highest BCUT2D eigenvalue weighted by Crippen LogP contribution is 2.25. The van der Waals surface area contributed by atoms with Gasteiger partial charge in [-0.05, 0) is 19.1 Å². The summed E-state index contributed by atoms with van der Waals surface area (Å²) in [5.41, 5.74) is 5.49. The van der Waals surface area contributed by atoms with Crippen molar-refractivity contribution in [2.45, 2.75) is 13.0 Å². The molecule has 18 heavy (non-hydrogen) atoms. The molecule has 0 saturated carbocycles. The number of hydrogen-bond donors (Lipinski definition) is 2. The largest absolute Gasteiger partial charge is 0.380 e. The maximum Gasteiger partial charge on any atom is 0.292 e. The summed E-state index contributed by atoms with van der Waals surface area (Å²) in [5.74, 6) is -0.632. The molecule has 0 fully saturated rings. The Morgan fingerprint density at radius 2 is 2.28 bits per heavy atom. The SMILES string of the molecule is COC(C)CNc1cc(C(N)=O)ccc1[N+](=O)[O-]. The number of rotatable bonds is 6. The van der Waals surface area contributed by atoms with Crippen LogP contribution in [0.1, 0.15) is 17.3 Å². The first-order chi connectivity index (χ1) is 8.45.